The predicted molar refractivity (Wildman–Crippen MR) is 122 cm³/mol. The number of amides is 1. The lowest BCUT2D eigenvalue weighted by molar-refractivity contribution is -0.111. The van der Waals surface area contributed by atoms with Crippen molar-refractivity contribution in [3.05, 3.63) is 54.2 Å². The van der Waals surface area contributed by atoms with Crippen molar-refractivity contribution in [2.24, 2.45) is 5.92 Å². The van der Waals surface area contributed by atoms with Gasteiger partial charge in [0.25, 0.3) is 5.91 Å². The number of hydrogen-bond acceptors (Lipinski definition) is 5. The summed E-state index contributed by atoms with van der Waals surface area (Å²) >= 11 is 1.52. The first-order valence-corrected chi connectivity index (χ1v) is 13.2. The fourth-order valence-corrected chi connectivity index (χ4v) is 5.82. The summed E-state index contributed by atoms with van der Waals surface area (Å²) in [6.07, 6.45) is 3.38. The molecule has 0 bridgehead atoms. The lowest BCUT2D eigenvalue weighted by Gasteiger charge is -2.13. The Morgan fingerprint density at radius 2 is 1.75 bits per heavy atom. The summed E-state index contributed by atoms with van der Waals surface area (Å²) in [4.78, 5) is 18.5. The van der Waals surface area contributed by atoms with Crippen molar-refractivity contribution in [2.45, 2.75) is 53.1 Å². The van der Waals surface area contributed by atoms with Gasteiger partial charge in [0.2, 0.25) is 0 Å². The minimum absolute atomic E-state index is 0.00671. The van der Waals surface area contributed by atoms with Gasteiger partial charge in [-0.3, -0.25) is 4.79 Å². The zero-order valence-electron chi connectivity index (χ0n) is 17.5. The number of hydrogen-bond donors (Lipinski definition) is 1. The summed E-state index contributed by atoms with van der Waals surface area (Å²) in [5.41, 5.74) is 0.720. The number of carbonyl (C=O) groups excluding carboxylic acids is 1. The van der Waals surface area contributed by atoms with Gasteiger partial charge in [-0.1, -0.05) is 18.2 Å². The lowest BCUT2D eigenvalue weighted by atomic mass is 9.98. The van der Waals surface area contributed by atoms with Gasteiger partial charge in [-0.05, 0) is 67.7 Å². The molecule has 2 aliphatic carbocycles. The SMILES string of the molecule is CSc1ccc(NC(=O)/C(=C/C2C[C@@H](F)[C@@H](F)C2)c2ccc(S(=O)(=O)C3CC3)cc2)nc1. The fraction of sp³-hybridized carbons (Fsp3) is 0.391. The van der Waals surface area contributed by atoms with Crippen LogP contribution < -0.4 is 5.32 Å². The third-order valence-corrected chi connectivity index (χ3v) is 8.76. The number of sulfone groups is 1. The molecule has 170 valence electrons. The van der Waals surface area contributed by atoms with Crippen LogP contribution in [0.1, 0.15) is 31.2 Å². The molecule has 0 spiro atoms. The largest absolute Gasteiger partial charge is 0.307 e. The van der Waals surface area contributed by atoms with E-state index in [-0.39, 0.29) is 28.6 Å². The fourth-order valence-electron chi connectivity index (χ4n) is 3.80. The highest BCUT2D eigenvalue weighted by Gasteiger charge is 2.37. The van der Waals surface area contributed by atoms with Crippen molar-refractivity contribution in [1.82, 2.24) is 4.98 Å². The number of thioether (sulfide) groups is 1. The Kier molecular flexibility index (Phi) is 6.67. The Morgan fingerprint density at radius 3 is 2.28 bits per heavy atom. The Hall–Kier alpha value is -2.26. The van der Waals surface area contributed by atoms with Crippen LogP contribution in [0.5, 0.6) is 0 Å². The molecule has 0 radical (unpaired) electrons. The molecule has 1 heterocycles. The maximum Gasteiger partial charge on any atom is 0.257 e. The highest BCUT2D eigenvalue weighted by molar-refractivity contribution is 7.98. The molecule has 2 aliphatic rings. The molecule has 2 saturated carbocycles. The average Bonchev–Trinajstić information content (AvgIpc) is 3.59. The van der Waals surface area contributed by atoms with Crippen LogP contribution in [0.2, 0.25) is 0 Å². The van der Waals surface area contributed by atoms with E-state index in [1.165, 1.54) is 23.9 Å². The second-order valence-electron chi connectivity index (χ2n) is 8.15. The molecular weight excluding hydrogens is 454 g/mol. The molecule has 1 N–H and O–H groups in total. The van der Waals surface area contributed by atoms with E-state index in [2.05, 4.69) is 10.3 Å². The zero-order valence-corrected chi connectivity index (χ0v) is 19.1. The highest BCUT2D eigenvalue weighted by Crippen LogP contribution is 2.36. The number of anilines is 1. The molecule has 0 aliphatic heterocycles. The van der Waals surface area contributed by atoms with E-state index in [1.807, 2.05) is 12.3 Å². The maximum absolute atomic E-state index is 13.7. The van der Waals surface area contributed by atoms with E-state index in [4.69, 9.17) is 0 Å². The summed E-state index contributed by atoms with van der Waals surface area (Å²) in [5.74, 6) is -0.544. The van der Waals surface area contributed by atoms with Crippen LogP contribution in [0.25, 0.3) is 5.57 Å². The third-order valence-electron chi connectivity index (χ3n) is 5.77. The van der Waals surface area contributed by atoms with Crippen molar-refractivity contribution in [2.75, 3.05) is 11.6 Å². The van der Waals surface area contributed by atoms with Gasteiger partial charge in [-0.2, -0.15) is 0 Å². The van der Waals surface area contributed by atoms with Crippen LogP contribution in [0, 0.1) is 5.92 Å². The number of allylic oxidation sites excluding steroid dienone is 1. The molecule has 5 nitrogen and oxygen atoms in total. The number of rotatable bonds is 7. The standard InChI is InChI=1S/C23H24F2N2O3S2/c1-31-16-4-9-22(26-13-16)27-23(28)19(10-14-11-20(24)21(25)12-14)15-2-5-17(6-3-15)32(29,30)18-7-8-18/h2-6,9-10,13-14,18,20-21H,7-8,11-12H2,1H3,(H,26,27,28)/b19-10+/t14?,20-,21+. The van der Waals surface area contributed by atoms with Gasteiger partial charge in [0.1, 0.15) is 18.2 Å². The van der Waals surface area contributed by atoms with Crippen LogP contribution in [0.15, 0.2) is 58.5 Å². The molecule has 2 fully saturated rings. The average molecular weight is 479 g/mol. The zero-order chi connectivity index (χ0) is 22.9. The van der Waals surface area contributed by atoms with Crippen molar-refractivity contribution in [1.29, 1.82) is 0 Å². The van der Waals surface area contributed by atoms with Crippen molar-refractivity contribution in [3.63, 3.8) is 0 Å². The number of halogens is 2. The number of aromatic nitrogens is 1. The van der Waals surface area contributed by atoms with Crippen LogP contribution in [-0.2, 0) is 14.6 Å². The molecule has 0 saturated heterocycles. The van der Waals surface area contributed by atoms with E-state index in [9.17, 15) is 22.0 Å². The van der Waals surface area contributed by atoms with Gasteiger partial charge in [0, 0.05) is 16.7 Å². The summed E-state index contributed by atoms with van der Waals surface area (Å²) in [6.45, 7) is 0. The quantitative estimate of drug-likeness (QED) is 0.455. The monoisotopic (exact) mass is 478 g/mol. The normalized spacial score (nSPS) is 23.8. The van der Waals surface area contributed by atoms with Gasteiger partial charge in [0.05, 0.1) is 10.1 Å². The van der Waals surface area contributed by atoms with Gasteiger partial charge in [-0.15, -0.1) is 11.8 Å². The van der Waals surface area contributed by atoms with E-state index < -0.39 is 34.0 Å². The molecule has 9 heteroatoms. The number of benzene rings is 1. The van der Waals surface area contributed by atoms with E-state index in [1.54, 1.807) is 30.5 Å². The predicted octanol–water partition coefficient (Wildman–Crippen LogP) is 4.85. The molecule has 1 aromatic heterocycles. The van der Waals surface area contributed by atoms with Gasteiger partial charge in [-0.25, -0.2) is 22.2 Å². The molecule has 1 unspecified atom stereocenters. The number of alkyl halides is 2. The van der Waals surface area contributed by atoms with E-state index in [0.29, 0.717) is 24.2 Å². The number of pyridine rings is 1. The summed E-state index contributed by atoms with van der Waals surface area (Å²) in [7, 11) is -3.35. The minimum atomic E-state index is -3.35. The topological polar surface area (TPSA) is 76.1 Å². The molecule has 2 aromatic rings. The first-order valence-electron chi connectivity index (χ1n) is 10.4. The van der Waals surface area contributed by atoms with Crippen LogP contribution >= 0.6 is 11.8 Å². The summed E-state index contributed by atoms with van der Waals surface area (Å²) < 4.78 is 52.4. The molecule has 1 amide bonds. The number of nitrogens with one attached hydrogen (secondary N) is 1. The second kappa shape index (κ2) is 9.31. The summed E-state index contributed by atoms with van der Waals surface area (Å²) in [6, 6.07) is 9.61. The molecule has 4 rings (SSSR count). The first kappa shape index (κ1) is 22.9. The van der Waals surface area contributed by atoms with Crippen LogP contribution in [-0.4, -0.2) is 43.2 Å². The molecule has 1 aromatic carbocycles. The maximum atomic E-state index is 13.7. The minimum Gasteiger partial charge on any atom is -0.307 e. The van der Waals surface area contributed by atoms with Gasteiger partial charge in [0.15, 0.2) is 9.84 Å². The van der Waals surface area contributed by atoms with Crippen molar-refractivity contribution >= 4 is 38.9 Å². The molecule has 32 heavy (non-hydrogen) atoms. The third kappa shape index (κ3) is 5.04. The smallest absolute Gasteiger partial charge is 0.257 e. The van der Waals surface area contributed by atoms with Gasteiger partial charge < -0.3 is 5.32 Å². The van der Waals surface area contributed by atoms with Crippen molar-refractivity contribution < 1.29 is 22.0 Å². The lowest BCUT2D eigenvalue weighted by Crippen LogP contribution is -2.16. The van der Waals surface area contributed by atoms with Crippen LogP contribution in [0.4, 0.5) is 14.6 Å². The van der Waals surface area contributed by atoms with Crippen molar-refractivity contribution in [3.8, 4) is 0 Å². The Balaban J connectivity index is 1.62. The number of nitrogens with zero attached hydrogens (tertiary/aromatic N) is 1. The Morgan fingerprint density at radius 1 is 1.09 bits per heavy atom. The Bertz CT molecular complexity index is 1100. The first-order chi connectivity index (χ1) is 15.3. The Labute approximate surface area is 190 Å². The van der Waals surface area contributed by atoms with Crippen LogP contribution in [0.3, 0.4) is 0 Å². The second-order valence-corrected chi connectivity index (χ2v) is 11.3. The molecular formula is C23H24F2N2O3S2. The van der Waals surface area contributed by atoms with E-state index >= 15 is 0 Å². The van der Waals surface area contributed by atoms with E-state index in [0.717, 1.165) is 4.90 Å². The highest BCUT2D eigenvalue weighted by atomic mass is 32.2. The number of carbonyl (C=O) groups is 1. The van der Waals surface area contributed by atoms with Gasteiger partial charge >= 0.3 is 0 Å². The summed E-state index contributed by atoms with van der Waals surface area (Å²) in [5, 5.41) is 2.40. The molecule has 3 atom stereocenters.